The van der Waals surface area contributed by atoms with Gasteiger partial charge in [0, 0.05) is 0 Å². The molecular formula is C21H45O3P. The normalized spacial score (nSPS) is 17.8. The molecule has 0 saturated carbocycles. The van der Waals surface area contributed by atoms with Gasteiger partial charge in [-0.3, -0.25) is 4.57 Å². The molecule has 0 radical (unpaired) electrons. The van der Waals surface area contributed by atoms with Gasteiger partial charge in [-0.2, -0.15) is 0 Å². The SMILES string of the molecule is CCCC(CC)COP(=O)(CC(CC)CCC)OCC(CC)CCC. The first-order valence-corrected chi connectivity index (χ1v) is 12.6. The van der Waals surface area contributed by atoms with Gasteiger partial charge in [0.25, 0.3) is 0 Å². The third-order valence-electron chi connectivity index (χ3n) is 5.32. The van der Waals surface area contributed by atoms with E-state index in [9.17, 15) is 4.57 Å². The van der Waals surface area contributed by atoms with Gasteiger partial charge >= 0.3 is 7.60 Å². The van der Waals surface area contributed by atoms with Crippen LogP contribution in [-0.2, 0) is 13.6 Å². The van der Waals surface area contributed by atoms with Gasteiger partial charge in [0.15, 0.2) is 0 Å². The fourth-order valence-corrected chi connectivity index (χ4v) is 5.59. The molecule has 3 nitrogen and oxygen atoms in total. The zero-order chi connectivity index (χ0) is 19.1. The van der Waals surface area contributed by atoms with E-state index in [0.29, 0.717) is 37.1 Å². The molecule has 0 aromatic carbocycles. The summed E-state index contributed by atoms with van der Waals surface area (Å²) in [7, 11) is -3.00. The Bertz CT molecular complexity index is 324. The molecule has 0 aromatic heterocycles. The van der Waals surface area contributed by atoms with Crippen molar-refractivity contribution in [3.05, 3.63) is 0 Å². The predicted octanol–water partition coefficient (Wildman–Crippen LogP) is 7.69. The molecule has 25 heavy (non-hydrogen) atoms. The van der Waals surface area contributed by atoms with Crippen molar-refractivity contribution < 1.29 is 13.6 Å². The van der Waals surface area contributed by atoms with Gasteiger partial charge in [0.05, 0.1) is 19.4 Å². The van der Waals surface area contributed by atoms with Crippen molar-refractivity contribution in [2.45, 2.75) is 99.3 Å². The minimum Gasteiger partial charge on any atom is -0.308 e. The molecular weight excluding hydrogens is 331 g/mol. The Balaban J connectivity index is 4.90. The van der Waals surface area contributed by atoms with E-state index in [4.69, 9.17) is 9.05 Å². The lowest BCUT2D eigenvalue weighted by Crippen LogP contribution is -2.16. The van der Waals surface area contributed by atoms with Crippen LogP contribution in [0.5, 0.6) is 0 Å². The zero-order valence-corrected chi connectivity index (χ0v) is 18.8. The summed E-state index contributed by atoms with van der Waals surface area (Å²) in [6, 6.07) is 0. The number of rotatable bonds is 17. The number of hydrogen-bond acceptors (Lipinski definition) is 3. The van der Waals surface area contributed by atoms with Crippen LogP contribution in [0.25, 0.3) is 0 Å². The van der Waals surface area contributed by atoms with E-state index in [1.165, 1.54) is 0 Å². The van der Waals surface area contributed by atoms with Crippen molar-refractivity contribution in [1.82, 2.24) is 0 Å². The van der Waals surface area contributed by atoms with E-state index in [2.05, 4.69) is 41.5 Å². The lowest BCUT2D eigenvalue weighted by atomic mass is 10.0. The van der Waals surface area contributed by atoms with Crippen LogP contribution in [-0.4, -0.2) is 19.4 Å². The van der Waals surface area contributed by atoms with Crippen LogP contribution in [0.3, 0.4) is 0 Å². The van der Waals surface area contributed by atoms with Crippen LogP contribution in [0.4, 0.5) is 0 Å². The molecule has 3 unspecified atom stereocenters. The second-order valence-electron chi connectivity index (χ2n) is 7.57. The Morgan fingerprint density at radius 1 is 0.640 bits per heavy atom. The third-order valence-corrected chi connectivity index (χ3v) is 7.37. The van der Waals surface area contributed by atoms with Gasteiger partial charge in [-0.1, -0.05) is 86.5 Å². The summed E-state index contributed by atoms with van der Waals surface area (Å²) in [5.74, 6) is 1.42. The zero-order valence-electron chi connectivity index (χ0n) is 17.9. The van der Waals surface area contributed by atoms with E-state index in [1.54, 1.807) is 0 Å². The van der Waals surface area contributed by atoms with Crippen molar-refractivity contribution in [3.63, 3.8) is 0 Å². The fraction of sp³-hybridized carbons (Fsp3) is 1.00. The van der Waals surface area contributed by atoms with Crippen molar-refractivity contribution in [3.8, 4) is 0 Å². The van der Waals surface area contributed by atoms with E-state index >= 15 is 0 Å². The lowest BCUT2D eigenvalue weighted by Gasteiger charge is -2.26. The summed E-state index contributed by atoms with van der Waals surface area (Å²) >= 11 is 0. The maximum atomic E-state index is 13.5. The minimum absolute atomic E-state index is 0.438. The number of hydrogen-bond donors (Lipinski definition) is 0. The summed E-state index contributed by atoms with van der Waals surface area (Å²) in [5.41, 5.74) is 0. The summed E-state index contributed by atoms with van der Waals surface area (Å²) in [6.45, 7) is 14.3. The average molecular weight is 377 g/mol. The second kappa shape index (κ2) is 15.2. The van der Waals surface area contributed by atoms with Gasteiger partial charge in [0.1, 0.15) is 0 Å². The highest BCUT2D eigenvalue weighted by Crippen LogP contribution is 2.52. The predicted molar refractivity (Wildman–Crippen MR) is 110 cm³/mol. The molecule has 0 bridgehead atoms. The Labute approximate surface area is 158 Å². The highest BCUT2D eigenvalue weighted by atomic mass is 31.2. The van der Waals surface area contributed by atoms with Crippen LogP contribution in [0.15, 0.2) is 0 Å². The quantitative estimate of drug-likeness (QED) is 0.244. The first-order valence-electron chi connectivity index (χ1n) is 10.9. The molecule has 0 spiro atoms. The fourth-order valence-electron chi connectivity index (χ4n) is 3.36. The van der Waals surface area contributed by atoms with Crippen LogP contribution in [0.2, 0.25) is 0 Å². The van der Waals surface area contributed by atoms with Crippen LogP contribution < -0.4 is 0 Å². The summed E-state index contributed by atoms with van der Waals surface area (Å²) in [6.07, 6.45) is 10.6. The Morgan fingerprint density at radius 3 is 1.32 bits per heavy atom. The Morgan fingerprint density at radius 2 is 1.00 bits per heavy atom. The van der Waals surface area contributed by atoms with Crippen molar-refractivity contribution in [2.75, 3.05) is 19.4 Å². The smallest absolute Gasteiger partial charge is 0.308 e. The lowest BCUT2D eigenvalue weighted by molar-refractivity contribution is 0.149. The Hall–Kier alpha value is 0.150. The summed E-state index contributed by atoms with van der Waals surface area (Å²) < 4.78 is 25.5. The molecule has 0 aliphatic rings. The molecule has 0 fully saturated rings. The van der Waals surface area contributed by atoms with Crippen LogP contribution in [0, 0.1) is 17.8 Å². The molecule has 3 atom stereocenters. The molecule has 0 heterocycles. The largest absolute Gasteiger partial charge is 0.330 e. The monoisotopic (exact) mass is 376 g/mol. The maximum Gasteiger partial charge on any atom is 0.330 e. The molecule has 0 amide bonds. The van der Waals surface area contributed by atoms with Gasteiger partial charge in [-0.25, -0.2) is 0 Å². The van der Waals surface area contributed by atoms with Crippen LogP contribution >= 0.6 is 7.60 Å². The van der Waals surface area contributed by atoms with E-state index in [1.807, 2.05) is 0 Å². The van der Waals surface area contributed by atoms with Crippen molar-refractivity contribution in [1.29, 1.82) is 0 Å². The first-order chi connectivity index (χ1) is 12.0. The molecule has 0 aromatic rings. The van der Waals surface area contributed by atoms with Gasteiger partial charge in [0.2, 0.25) is 0 Å². The first kappa shape index (κ1) is 25.1. The van der Waals surface area contributed by atoms with Crippen molar-refractivity contribution in [2.24, 2.45) is 17.8 Å². The molecule has 0 N–H and O–H groups in total. The second-order valence-corrected chi connectivity index (χ2v) is 9.68. The molecule has 0 aliphatic heterocycles. The van der Waals surface area contributed by atoms with Crippen LogP contribution in [0.1, 0.15) is 99.3 Å². The van der Waals surface area contributed by atoms with Gasteiger partial charge in [-0.05, 0) is 30.6 Å². The standard InChI is InChI=1S/C21H45O3P/c1-7-13-19(10-4)16-23-25(22,18-21(12-6)15-9-3)24-17-20(11-5)14-8-2/h19-21H,7-18H2,1-6H3. The topological polar surface area (TPSA) is 35.5 Å². The van der Waals surface area contributed by atoms with E-state index < -0.39 is 7.60 Å². The molecule has 4 heteroatoms. The van der Waals surface area contributed by atoms with Gasteiger partial charge in [-0.15, -0.1) is 0 Å². The van der Waals surface area contributed by atoms with E-state index in [-0.39, 0.29) is 0 Å². The Kier molecular flexibility index (Phi) is 15.3. The minimum atomic E-state index is -3.00. The maximum absolute atomic E-state index is 13.5. The molecule has 152 valence electrons. The molecule has 0 saturated heterocycles. The molecule has 0 aliphatic carbocycles. The van der Waals surface area contributed by atoms with Crippen molar-refractivity contribution >= 4 is 7.60 Å². The highest BCUT2D eigenvalue weighted by molar-refractivity contribution is 7.53. The van der Waals surface area contributed by atoms with E-state index in [0.717, 1.165) is 57.8 Å². The summed E-state index contributed by atoms with van der Waals surface area (Å²) in [5, 5.41) is 0. The van der Waals surface area contributed by atoms with Gasteiger partial charge < -0.3 is 9.05 Å². The molecule has 0 rings (SSSR count). The third kappa shape index (κ3) is 11.5. The summed E-state index contributed by atoms with van der Waals surface area (Å²) in [4.78, 5) is 0. The highest BCUT2D eigenvalue weighted by Gasteiger charge is 2.30. The average Bonchev–Trinajstić information content (AvgIpc) is 2.61.